The predicted octanol–water partition coefficient (Wildman–Crippen LogP) is 4.05. The minimum Gasteiger partial charge on any atom is -0.356 e. The Kier molecular flexibility index (Phi) is 4.34. The van der Waals surface area contributed by atoms with Crippen molar-refractivity contribution >= 4 is 17.4 Å². The second-order valence-electron chi connectivity index (χ2n) is 6.65. The van der Waals surface area contributed by atoms with Crippen LogP contribution in [0.25, 0.3) is 0 Å². The first kappa shape index (κ1) is 14.6. The fourth-order valence-electron chi connectivity index (χ4n) is 2.40. The molecule has 1 unspecified atom stereocenters. The zero-order valence-electron chi connectivity index (χ0n) is 12.4. The Morgan fingerprint density at radius 2 is 1.95 bits per heavy atom. The van der Waals surface area contributed by atoms with E-state index in [4.69, 9.17) is 16.6 Å². The SMILES string of the molecule is CC1CCCN(c2cc(Cl)nc(C(C)(C)C)n2)CC1. The minimum atomic E-state index is -0.0706. The lowest BCUT2D eigenvalue weighted by molar-refractivity contribution is 0.520. The molecule has 1 aromatic rings. The molecule has 0 N–H and O–H groups in total. The van der Waals surface area contributed by atoms with Gasteiger partial charge in [0.05, 0.1) is 0 Å². The summed E-state index contributed by atoms with van der Waals surface area (Å²) in [5, 5.41) is 0.548. The maximum Gasteiger partial charge on any atom is 0.137 e. The van der Waals surface area contributed by atoms with E-state index in [1.807, 2.05) is 6.07 Å². The molecule has 1 saturated heterocycles. The fraction of sp³-hybridized carbons (Fsp3) is 0.733. The lowest BCUT2D eigenvalue weighted by Crippen LogP contribution is -2.27. The van der Waals surface area contributed by atoms with Crippen LogP contribution in [0.5, 0.6) is 0 Å². The number of anilines is 1. The van der Waals surface area contributed by atoms with Gasteiger partial charge in [0.25, 0.3) is 0 Å². The summed E-state index contributed by atoms with van der Waals surface area (Å²) in [5.74, 6) is 2.62. The largest absolute Gasteiger partial charge is 0.356 e. The summed E-state index contributed by atoms with van der Waals surface area (Å²) in [4.78, 5) is 11.4. The monoisotopic (exact) mass is 281 g/mol. The number of hydrogen-bond acceptors (Lipinski definition) is 3. The highest BCUT2D eigenvalue weighted by atomic mass is 35.5. The van der Waals surface area contributed by atoms with Gasteiger partial charge in [-0.3, -0.25) is 0 Å². The molecule has 1 atom stereocenters. The first-order valence-electron chi connectivity index (χ1n) is 7.16. The van der Waals surface area contributed by atoms with E-state index in [1.165, 1.54) is 19.3 Å². The number of aromatic nitrogens is 2. The van der Waals surface area contributed by atoms with Gasteiger partial charge in [0.1, 0.15) is 16.8 Å². The van der Waals surface area contributed by atoms with Gasteiger partial charge in [-0.15, -0.1) is 0 Å². The standard InChI is InChI=1S/C15H24ClN3/c1-11-6-5-8-19(9-7-11)13-10-12(16)17-14(18-13)15(2,3)4/h10-11H,5-9H2,1-4H3. The molecule has 0 spiro atoms. The van der Waals surface area contributed by atoms with E-state index in [0.29, 0.717) is 5.15 Å². The molecule has 2 rings (SSSR count). The van der Waals surface area contributed by atoms with Crippen LogP contribution in [0.2, 0.25) is 5.15 Å². The molecular formula is C15H24ClN3. The number of nitrogens with zero attached hydrogens (tertiary/aromatic N) is 3. The summed E-state index contributed by atoms with van der Waals surface area (Å²) < 4.78 is 0. The Morgan fingerprint density at radius 1 is 1.21 bits per heavy atom. The summed E-state index contributed by atoms with van der Waals surface area (Å²) in [6.45, 7) is 10.8. The van der Waals surface area contributed by atoms with Crippen molar-refractivity contribution < 1.29 is 0 Å². The van der Waals surface area contributed by atoms with Gasteiger partial charge in [0.15, 0.2) is 0 Å². The van der Waals surface area contributed by atoms with Crippen LogP contribution in [-0.4, -0.2) is 23.1 Å². The number of rotatable bonds is 1. The van der Waals surface area contributed by atoms with Gasteiger partial charge >= 0.3 is 0 Å². The van der Waals surface area contributed by atoms with E-state index in [2.05, 4.69) is 37.6 Å². The van der Waals surface area contributed by atoms with Crippen LogP contribution in [0.15, 0.2) is 6.07 Å². The normalized spacial score (nSPS) is 21.3. The molecule has 19 heavy (non-hydrogen) atoms. The van der Waals surface area contributed by atoms with Crippen molar-refractivity contribution in [2.45, 2.75) is 52.4 Å². The Hall–Kier alpha value is -0.830. The Morgan fingerprint density at radius 3 is 2.63 bits per heavy atom. The molecule has 3 nitrogen and oxygen atoms in total. The molecule has 1 aliphatic heterocycles. The van der Waals surface area contributed by atoms with Crippen LogP contribution in [0.4, 0.5) is 5.82 Å². The van der Waals surface area contributed by atoms with Crippen molar-refractivity contribution in [3.05, 3.63) is 17.0 Å². The van der Waals surface area contributed by atoms with Gasteiger partial charge in [0, 0.05) is 24.6 Å². The summed E-state index contributed by atoms with van der Waals surface area (Å²) in [7, 11) is 0. The van der Waals surface area contributed by atoms with Crippen molar-refractivity contribution in [3.63, 3.8) is 0 Å². The predicted molar refractivity (Wildman–Crippen MR) is 81.0 cm³/mol. The van der Waals surface area contributed by atoms with Gasteiger partial charge in [-0.25, -0.2) is 9.97 Å². The molecule has 0 aliphatic carbocycles. The maximum absolute atomic E-state index is 6.17. The van der Waals surface area contributed by atoms with Gasteiger partial charge < -0.3 is 4.90 Å². The summed E-state index contributed by atoms with van der Waals surface area (Å²) >= 11 is 6.17. The van der Waals surface area contributed by atoms with Gasteiger partial charge in [-0.2, -0.15) is 0 Å². The number of hydrogen-bond donors (Lipinski definition) is 0. The van der Waals surface area contributed by atoms with E-state index in [9.17, 15) is 0 Å². The van der Waals surface area contributed by atoms with E-state index < -0.39 is 0 Å². The second-order valence-corrected chi connectivity index (χ2v) is 7.03. The lowest BCUT2D eigenvalue weighted by atomic mass is 9.96. The molecule has 0 amide bonds. The third kappa shape index (κ3) is 3.82. The first-order chi connectivity index (χ1) is 8.86. The van der Waals surface area contributed by atoms with E-state index in [-0.39, 0.29) is 5.41 Å². The summed E-state index contributed by atoms with van der Waals surface area (Å²) in [6.07, 6.45) is 3.77. The van der Waals surface area contributed by atoms with Gasteiger partial charge in [-0.05, 0) is 25.2 Å². The molecule has 2 heterocycles. The zero-order chi connectivity index (χ0) is 14.0. The van der Waals surface area contributed by atoms with Crippen LogP contribution in [0.3, 0.4) is 0 Å². The highest BCUT2D eigenvalue weighted by Gasteiger charge is 2.21. The molecule has 1 aliphatic rings. The second kappa shape index (κ2) is 5.66. The van der Waals surface area contributed by atoms with Crippen LogP contribution >= 0.6 is 11.6 Å². The molecule has 0 bridgehead atoms. The molecule has 1 aromatic heterocycles. The Bertz CT molecular complexity index is 440. The van der Waals surface area contributed by atoms with Gasteiger partial charge in [0.2, 0.25) is 0 Å². The van der Waals surface area contributed by atoms with Crippen molar-refractivity contribution in [2.75, 3.05) is 18.0 Å². The van der Waals surface area contributed by atoms with Crippen molar-refractivity contribution in [1.29, 1.82) is 0 Å². The Balaban J connectivity index is 2.26. The van der Waals surface area contributed by atoms with E-state index in [1.54, 1.807) is 0 Å². The maximum atomic E-state index is 6.17. The smallest absolute Gasteiger partial charge is 0.137 e. The molecule has 0 radical (unpaired) electrons. The fourth-order valence-corrected chi connectivity index (χ4v) is 2.57. The van der Waals surface area contributed by atoms with Crippen LogP contribution in [0.1, 0.15) is 52.8 Å². The minimum absolute atomic E-state index is 0.0706. The first-order valence-corrected chi connectivity index (χ1v) is 7.54. The average molecular weight is 282 g/mol. The van der Waals surface area contributed by atoms with Crippen LogP contribution in [-0.2, 0) is 5.41 Å². The van der Waals surface area contributed by atoms with Gasteiger partial charge in [-0.1, -0.05) is 39.3 Å². The highest BCUT2D eigenvalue weighted by molar-refractivity contribution is 6.29. The molecule has 4 heteroatoms. The molecule has 0 saturated carbocycles. The highest BCUT2D eigenvalue weighted by Crippen LogP contribution is 2.26. The van der Waals surface area contributed by atoms with Crippen molar-refractivity contribution in [3.8, 4) is 0 Å². The molecular weight excluding hydrogens is 258 g/mol. The van der Waals surface area contributed by atoms with Crippen molar-refractivity contribution in [2.24, 2.45) is 5.92 Å². The molecule has 106 valence electrons. The zero-order valence-corrected chi connectivity index (χ0v) is 13.2. The Labute approximate surface area is 121 Å². The van der Waals surface area contributed by atoms with Crippen LogP contribution in [0, 0.1) is 5.92 Å². The van der Waals surface area contributed by atoms with Crippen molar-refractivity contribution in [1.82, 2.24) is 9.97 Å². The third-order valence-corrected chi connectivity index (χ3v) is 3.89. The average Bonchev–Trinajstić information content (AvgIpc) is 2.52. The summed E-state index contributed by atoms with van der Waals surface area (Å²) in [6, 6.07) is 1.90. The number of halogens is 1. The molecule has 1 fully saturated rings. The topological polar surface area (TPSA) is 29.0 Å². The summed E-state index contributed by atoms with van der Waals surface area (Å²) in [5.41, 5.74) is -0.0706. The van der Waals surface area contributed by atoms with E-state index >= 15 is 0 Å². The lowest BCUT2D eigenvalue weighted by Gasteiger charge is -2.24. The van der Waals surface area contributed by atoms with E-state index in [0.717, 1.165) is 30.6 Å². The molecule has 0 aromatic carbocycles. The quantitative estimate of drug-likeness (QED) is 0.727. The van der Waals surface area contributed by atoms with Crippen LogP contribution < -0.4 is 4.90 Å². The third-order valence-electron chi connectivity index (χ3n) is 3.69.